The van der Waals surface area contributed by atoms with Gasteiger partial charge in [-0.15, -0.1) is 0 Å². The second-order valence-electron chi connectivity index (χ2n) is 6.95. The first-order valence-corrected chi connectivity index (χ1v) is 10.4. The Bertz CT molecular complexity index is 867. The minimum atomic E-state index is -2.97. The third kappa shape index (κ3) is 3.07. The van der Waals surface area contributed by atoms with E-state index in [4.69, 9.17) is 0 Å². The van der Waals surface area contributed by atoms with Crippen molar-refractivity contribution in [3.05, 3.63) is 36.0 Å². The van der Waals surface area contributed by atoms with Crippen LogP contribution in [-0.4, -0.2) is 47.8 Å². The predicted molar refractivity (Wildman–Crippen MR) is 93.5 cm³/mol. The normalized spacial score (nSPS) is 22.8. The molecule has 1 N–H and O–H groups in total. The van der Waals surface area contributed by atoms with Crippen LogP contribution < -0.4 is 0 Å². The molecule has 1 aliphatic heterocycles. The highest BCUT2D eigenvalue weighted by Crippen LogP contribution is 2.33. The zero-order valence-corrected chi connectivity index (χ0v) is 14.4. The molecule has 1 amide bonds. The largest absolute Gasteiger partial charge is 0.361 e. The van der Waals surface area contributed by atoms with Gasteiger partial charge in [0.15, 0.2) is 9.84 Å². The Morgan fingerprint density at radius 1 is 1.17 bits per heavy atom. The third-order valence-electron chi connectivity index (χ3n) is 5.11. The molecule has 2 aromatic rings. The van der Waals surface area contributed by atoms with E-state index in [-0.39, 0.29) is 29.5 Å². The van der Waals surface area contributed by atoms with Crippen molar-refractivity contribution in [1.82, 2.24) is 9.88 Å². The molecule has 128 valence electrons. The topological polar surface area (TPSA) is 70.2 Å². The number of fused-ring (bicyclic) bond motifs is 1. The molecule has 1 aliphatic carbocycles. The van der Waals surface area contributed by atoms with Gasteiger partial charge in [0, 0.05) is 35.6 Å². The molecule has 6 heteroatoms. The summed E-state index contributed by atoms with van der Waals surface area (Å²) < 4.78 is 23.5. The number of hydrogen-bond donors (Lipinski definition) is 1. The highest BCUT2D eigenvalue weighted by atomic mass is 32.2. The summed E-state index contributed by atoms with van der Waals surface area (Å²) in [4.78, 5) is 17.9. The second-order valence-corrected chi connectivity index (χ2v) is 9.18. The molecule has 0 spiro atoms. The van der Waals surface area contributed by atoms with Crippen molar-refractivity contribution >= 4 is 26.6 Å². The van der Waals surface area contributed by atoms with E-state index >= 15 is 0 Å². The number of amides is 1. The summed E-state index contributed by atoms with van der Waals surface area (Å²) in [5, 5.41) is 1.16. The number of aryl methyl sites for hydroxylation is 1. The standard InChI is InChI=1S/C18H22N2O3S/c21-18(8-5-13-11-19-17-4-2-1-3-16(13)17)20(14-6-7-14)15-9-10-24(22,23)12-15/h1-4,11,14-15,19H,5-10,12H2. The SMILES string of the molecule is O=C(CCc1c[nH]c2ccccc12)N(C1CC1)C1CCS(=O)(=O)C1. The molecule has 5 nitrogen and oxygen atoms in total. The van der Waals surface area contributed by atoms with E-state index in [1.165, 1.54) is 0 Å². The molecule has 1 saturated carbocycles. The zero-order valence-electron chi connectivity index (χ0n) is 13.6. The third-order valence-corrected chi connectivity index (χ3v) is 6.86. The molecule has 2 aliphatic rings. The molecule has 2 fully saturated rings. The van der Waals surface area contributed by atoms with Gasteiger partial charge in [-0.25, -0.2) is 8.42 Å². The van der Waals surface area contributed by atoms with Crippen LogP contribution in [0, 0.1) is 0 Å². The Morgan fingerprint density at radius 2 is 1.96 bits per heavy atom. The number of aromatic nitrogens is 1. The first-order valence-electron chi connectivity index (χ1n) is 8.60. The molecule has 1 atom stereocenters. The van der Waals surface area contributed by atoms with Gasteiger partial charge in [0.1, 0.15) is 0 Å². The van der Waals surface area contributed by atoms with Crippen LogP contribution >= 0.6 is 0 Å². The van der Waals surface area contributed by atoms with E-state index in [2.05, 4.69) is 11.1 Å². The molecule has 1 aromatic carbocycles. The quantitative estimate of drug-likeness (QED) is 0.903. The fourth-order valence-corrected chi connectivity index (χ4v) is 5.47. The van der Waals surface area contributed by atoms with Gasteiger partial charge in [-0.05, 0) is 37.3 Å². The van der Waals surface area contributed by atoms with Gasteiger partial charge < -0.3 is 9.88 Å². The van der Waals surface area contributed by atoms with Gasteiger partial charge in [-0.1, -0.05) is 18.2 Å². The summed E-state index contributed by atoms with van der Waals surface area (Å²) in [6, 6.07) is 8.23. The van der Waals surface area contributed by atoms with E-state index < -0.39 is 9.84 Å². The Morgan fingerprint density at radius 3 is 2.67 bits per heavy atom. The smallest absolute Gasteiger partial charge is 0.223 e. The fraction of sp³-hybridized carbons (Fsp3) is 0.500. The maximum atomic E-state index is 12.8. The van der Waals surface area contributed by atoms with Crippen LogP contribution in [-0.2, 0) is 21.1 Å². The minimum absolute atomic E-state index is 0.102. The van der Waals surface area contributed by atoms with Crippen molar-refractivity contribution in [2.75, 3.05) is 11.5 Å². The minimum Gasteiger partial charge on any atom is -0.361 e. The van der Waals surface area contributed by atoms with Gasteiger partial charge in [-0.2, -0.15) is 0 Å². The molecule has 0 bridgehead atoms. The number of nitrogens with one attached hydrogen (secondary N) is 1. The average molecular weight is 346 g/mol. The maximum Gasteiger partial charge on any atom is 0.223 e. The van der Waals surface area contributed by atoms with Crippen LogP contribution in [0.25, 0.3) is 10.9 Å². The van der Waals surface area contributed by atoms with Gasteiger partial charge >= 0.3 is 0 Å². The number of hydrogen-bond acceptors (Lipinski definition) is 3. The Kier molecular flexibility index (Phi) is 3.87. The predicted octanol–water partition coefficient (Wildman–Crippen LogP) is 2.28. The van der Waals surface area contributed by atoms with Gasteiger partial charge in [-0.3, -0.25) is 4.79 Å². The van der Waals surface area contributed by atoms with Crippen LogP contribution in [0.1, 0.15) is 31.2 Å². The van der Waals surface area contributed by atoms with E-state index in [1.807, 2.05) is 29.3 Å². The lowest BCUT2D eigenvalue weighted by Crippen LogP contribution is -2.42. The van der Waals surface area contributed by atoms with Crippen molar-refractivity contribution in [2.45, 2.75) is 44.2 Å². The number of sulfone groups is 1. The summed E-state index contributed by atoms with van der Waals surface area (Å²) in [5.41, 5.74) is 2.23. The summed E-state index contributed by atoms with van der Waals surface area (Å²) in [5.74, 6) is 0.462. The first kappa shape index (κ1) is 15.7. The van der Waals surface area contributed by atoms with Crippen molar-refractivity contribution in [3.63, 3.8) is 0 Å². The Hall–Kier alpha value is -1.82. The Balaban J connectivity index is 1.46. The lowest BCUT2D eigenvalue weighted by atomic mass is 10.1. The first-order chi connectivity index (χ1) is 11.5. The van der Waals surface area contributed by atoms with Gasteiger partial charge in [0.05, 0.1) is 11.5 Å². The second kappa shape index (κ2) is 5.92. The van der Waals surface area contributed by atoms with E-state index in [1.54, 1.807) is 0 Å². The molecule has 0 radical (unpaired) electrons. The molecule has 4 rings (SSSR count). The number of carbonyl (C=O) groups is 1. The Labute approximate surface area is 142 Å². The summed E-state index contributed by atoms with van der Waals surface area (Å²) >= 11 is 0. The van der Waals surface area contributed by atoms with Crippen LogP contribution in [0.4, 0.5) is 0 Å². The summed E-state index contributed by atoms with van der Waals surface area (Å²) in [7, 11) is -2.97. The van der Waals surface area contributed by atoms with Gasteiger partial charge in [0.25, 0.3) is 0 Å². The molecule has 1 saturated heterocycles. The molecular formula is C18H22N2O3S. The molecule has 1 aromatic heterocycles. The lowest BCUT2D eigenvalue weighted by Gasteiger charge is -2.28. The number of H-pyrrole nitrogens is 1. The summed E-state index contributed by atoms with van der Waals surface area (Å²) in [6.45, 7) is 0. The van der Waals surface area contributed by atoms with Gasteiger partial charge in [0.2, 0.25) is 5.91 Å². The lowest BCUT2D eigenvalue weighted by molar-refractivity contribution is -0.133. The number of nitrogens with zero attached hydrogens (tertiary/aromatic N) is 1. The van der Waals surface area contributed by atoms with E-state index in [0.717, 1.165) is 29.3 Å². The van der Waals surface area contributed by atoms with Crippen molar-refractivity contribution in [1.29, 1.82) is 0 Å². The van der Waals surface area contributed by atoms with Crippen LogP contribution in [0.2, 0.25) is 0 Å². The van der Waals surface area contributed by atoms with Crippen molar-refractivity contribution < 1.29 is 13.2 Å². The monoisotopic (exact) mass is 346 g/mol. The highest BCUT2D eigenvalue weighted by molar-refractivity contribution is 7.91. The van der Waals surface area contributed by atoms with Crippen molar-refractivity contribution in [2.24, 2.45) is 0 Å². The van der Waals surface area contributed by atoms with Crippen molar-refractivity contribution in [3.8, 4) is 0 Å². The molecule has 2 heterocycles. The average Bonchev–Trinajstić information content (AvgIpc) is 3.19. The number of benzene rings is 1. The van der Waals surface area contributed by atoms with Crippen LogP contribution in [0.3, 0.4) is 0 Å². The number of para-hydroxylation sites is 1. The van der Waals surface area contributed by atoms with Crippen LogP contribution in [0.5, 0.6) is 0 Å². The molecular weight excluding hydrogens is 324 g/mol. The molecule has 1 unspecified atom stereocenters. The summed E-state index contributed by atoms with van der Waals surface area (Å²) in [6.07, 6.45) is 5.71. The van der Waals surface area contributed by atoms with E-state index in [9.17, 15) is 13.2 Å². The fourth-order valence-electron chi connectivity index (χ4n) is 3.76. The zero-order chi connectivity index (χ0) is 16.7. The highest BCUT2D eigenvalue weighted by Gasteiger charge is 2.41. The number of rotatable bonds is 5. The van der Waals surface area contributed by atoms with E-state index in [0.29, 0.717) is 19.3 Å². The number of carbonyl (C=O) groups excluding carboxylic acids is 1. The van der Waals surface area contributed by atoms with Crippen LogP contribution in [0.15, 0.2) is 30.5 Å². The maximum absolute atomic E-state index is 12.8. The number of aromatic amines is 1. The molecule has 24 heavy (non-hydrogen) atoms.